The third kappa shape index (κ3) is 18.3. The number of quaternary nitrogens is 1. The van der Waals surface area contributed by atoms with Crippen molar-refractivity contribution in [1.82, 2.24) is 0 Å². The molecule has 0 aromatic heterocycles. The molecule has 1 aromatic rings. The summed E-state index contributed by atoms with van der Waals surface area (Å²) in [4.78, 5) is 0. The van der Waals surface area contributed by atoms with Crippen molar-refractivity contribution in [2.45, 2.75) is 142 Å². The van der Waals surface area contributed by atoms with Crippen LogP contribution in [0.25, 0.3) is 0 Å². The van der Waals surface area contributed by atoms with Crippen LogP contribution in [0, 0.1) is 0 Å². The molecular weight excluding hydrogens is 414 g/mol. The van der Waals surface area contributed by atoms with Gasteiger partial charge in [-0.15, -0.1) is 0 Å². The lowest BCUT2D eigenvalue weighted by Gasteiger charge is -2.30. The highest BCUT2D eigenvalue weighted by atomic mass is 16.5. The second-order valence-electron chi connectivity index (χ2n) is 11.4. The molecule has 2 nitrogen and oxygen atoms in total. The SMILES string of the molecule is CCCCCCCCCCCCCCCCCCCCCC[N+](C)(C)Cc1cccc(OC)c1. The standard InChI is InChI=1S/C32H60NO/c1-5-6-7-8-9-10-11-12-13-14-15-16-17-18-19-20-21-22-23-24-28-33(2,3)30-31-26-25-27-32(29-31)34-4/h25-27,29H,5-24,28,30H2,1-4H3/q+1. The van der Waals surface area contributed by atoms with Gasteiger partial charge in [-0.3, -0.25) is 0 Å². The summed E-state index contributed by atoms with van der Waals surface area (Å²) in [5.41, 5.74) is 1.37. The zero-order chi connectivity index (χ0) is 24.7. The molecule has 0 atom stereocenters. The van der Waals surface area contributed by atoms with Crippen molar-refractivity contribution < 1.29 is 9.22 Å². The Labute approximate surface area is 214 Å². The number of methoxy groups -OCH3 is 1. The molecule has 0 bridgehead atoms. The summed E-state index contributed by atoms with van der Waals surface area (Å²) in [6.45, 7) is 4.64. The minimum absolute atomic E-state index is 0.969. The third-order valence-electron chi connectivity index (χ3n) is 7.36. The zero-order valence-electron chi connectivity index (χ0n) is 23.7. The van der Waals surface area contributed by atoms with Crippen molar-refractivity contribution >= 4 is 0 Å². The van der Waals surface area contributed by atoms with Gasteiger partial charge in [0.05, 0.1) is 27.7 Å². The second kappa shape index (κ2) is 21.3. The van der Waals surface area contributed by atoms with Crippen molar-refractivity contribution in [1.29, 1.82) is 0 Å². The summed E-state index contributed by atoms with van der Waals surface area (Å²) in [6.07, 6.45) is 28.9. The van der Waals surface area contributed by atoms with Crippen LogP contribution >= 0.6 is 0 Å². The van der Waals surface area contributed by atoms with Gasteiger partial charge >= 0.3 is 0 Å². The molecule has 0 saturated carbocycles. The van der Waals surface area contributed by atoms with E-state index in [0.29, 0.717) is 0 Å². The van der Waals surface area contributed by atoms with Crippen LogP contribution in [0.5, 0.6) is 5.75 Å². The fourth-order valence-electron chi connectivity index (χ4n) is 5.14. The van der Waals surface area contributed by atoms with E-state index in [-0.39, 0.29) is 0 Å². The molecule has 0 saturated heterocycles. The average molecular weight is 475 g/mol. The Morgan fingerprint density at radius 1 is 0.588 bits per heavy atom. The highest BCUT2D eigenvalue weighted by Gasteiger charge is 2.15. The van der Waals surface area contributed by atoms with Crippen molar-refractivity contribution in [2.24, 2.45) is 0 Å². The molecule has 0 N–H and O–H groups in total. The van der Waals surface area contributed by atoms with Gasteiger partial charge in [0.15, 0.2) is 0 Å². The van der Waals surface area contributed by atoms with Crippen LogP contribution in [-0.4, -0.2) is 32.2 Å². The first-order chi connectivity index (χ1) is 16.6. The summed E-state index contributed by atoms with van der Waals surface area (Å²) >= 11 is 0. The van der Waals surface area contributed by atoms with Gasteiger partial charge in [-0.2, -0.15) is 0 Å². The Morgan fingerprint density at radius 2 is 1.00 bits per heavy atom. The third-order valence-corrected chi connectivity index (χ3v) is 7.36. The highest BCUT2D eigenvalue weighted by molar-refractivity contribution is 5.27. The van der Waals surface area contributed by atoms with Crippen molar-refractivity contribution in [3.05, 3.63) is 29.8 Å². The maximum absolute atomic E-state index is 5.37. The molecule has 198 valence electrons. The topological polar surface area (TPSA) is 9.23 Å². The molecule has 0 fully saturated rings. The predicted octanol–water partition coefficient (Wildman–Crippen LogP) is 10.1. The molecule has 2 heteroatoms. The van der Waals surface area contributed by atoms with Gasteiger partial charge in [-0.25, -0.2) is 0 Å². The van der Waals surface area contributed by atoms with Crippen LogP contribution in [0.1, 0.15) is 141 Å². The van der Waals surface area contributed by atoms with Gasteiger partial charge in [0.25, 0.3) is 0 Å². The van der Waals surface area contributed by atoms with E-state index >= 15 is 0 Å². The van der Waals surface area contributed by atoms with Crippen LogP contribution < -0.4 is 4.74 Å². The van der Waals surface area contributed by atoms with E-state index in [1.807, 2.05) is 6.07 Å². The van der Waals surface area contributed by atoms with E-state index in [1.54, 1.807) is 7.11 Å². The van der Waals surface area contributed by atoms with Gasteiger partial charge < -0.3 is 9.22 Å². The Balaban J connectivity index is 1.83. The molecule has 0 aliphatic carbocycles. The van der Waals surface area contributed by atoms with E-state index in [0.717, 1.165) is 16.8 Å². The number of rotatable bonds is 24. The molecule has 34 heavy (non-hydrogen) atoms. The van der Waals surface area contributed by atoms with Gasteiger partial charge in [-0.1, -0.05) is 135 Å². The monoisotopic (exact) mass is 474 g/mol. The lowest BCUT2D eigenvalue weighted by atomic mass is 10.0. The second-order valence-corrected chi connectivity index (χ2v) is 11.4. The van der Waals surface area contributed by atoms with E-state index in [2.05, 4.69) is 39.2 Å². The van der Waals surface area contributed by atoms with Gasteiger partial charge in [0.1, 0.15) is 12.3 Å². The number of nitrogens with zero attached hydrogens (tertiary/aromatic N) is 1. The van der Waals surface area contributed by atoms with Crippen molar-refractivity contribution in [3.8, 4) is 5.75 Å². The van der Waals surface area contributed by atoms with Crippen LogP contribution in [0.3, 0.4) is 0 Å². The van der Waals surface area contributed by atoms with Crippen molar-refractivity contribution in [2.75, 3.05) is 27.7 Å². The number of hydrogen-bond acceptors (Lipinski definition) is 1. The lowest BCUT2D eigenvalue weighted by molar-refractivity contribution is -0.903. The Morgan fingerprint density at radius 3 is 1.41 bits per heavy atom. The zero-order valence-corrected chi connectivity index (χ0v) is 23.7. The van der Waals surface area contributed by atoms with Gasteiger partial charge in [0, 0.05) is 5.56 Å². The van der Waals surface area contributed by atoms with E-state index in [9.17, 15) is 0 Å². The number of benzene rings is 1. The van der Waals surface area contributed by atoms with Crippen molar-refractivity contribution in [3.63, 3.8) is 0 Å². The molecule has 0 spiro atoms. The fourth-order valence-corrected chi connectivity index (χ4v) is 5.14. The summed E-state index contributed by atoms with van der Waals surface area (Å²) < 4.78 is 6.43. The highest BCUT2D eigenvalue weighted by Crippen LogP contribution is 2.18. The molecule has 0 amide bonds. The normalized spacial score (nSPS) is 11.8. The first-order valence-electron chi connectivity index (χ1n) is 15.0. The van der Waals surface area contributed by atoms with Gasteiger partial charge in [0.2, 0.25) is 0 Å². The summed E-state index contributed by atoms with van der Waals surface area (Å²) in [7, 11) is 6.46. The largest absolute Gasteiger partial charge is 0.497 e. The van der Waals surface area contributed by atoms with E-state index in [4.69, 9.17) is 4.74 Å². The number of unbranched alkanes of at least 4 members (excludes halogenated alkanes) is 19. The lowest BCUT2D eigenvalue weighted by Crippen LogP contribution is -2.39. The Bertz CT molecular complexity index is 568. The Kier molecular flexibility index (Phi) is 19.4. The average Bonchev–Trinajstić information content (AvgIpc) is 2.82. The van der Waals surface area contributed by atoms with E-state index in [1.165, 1.54) is 141 Å². The molecule has 0 aliphatic heterocycles. The maximum atomic E-state index is 5.37. The first-order valence-corrected chi connectivity index (χ1v) is 15.0. The molecule has 0 unspecified atom stereocenters. The molecule has 1 aromatic carbocycles. The summed E-state index contributed by atoms with van der Waals surface area (Å²) in [5, 5.41) is 0. The van der Waals surface area contributed by atoms with Crippen LogP contribution in [0.15, 0.2) is 24.3 Å². The van der Waals surface area contributed by atoms with Crippen LogP contribution in [0.2, 0.25) is 0 Å². The molecule has 0 heterocycles. The maximum Gasteiger partial charge on any atom is 0.119 e. The van der Waals surface area contributed by atoms with Crippen LogP contribution in [-0.2, 0) is 6.54 Å². The predicted molar refractivity (Wildman–Crippen MR) is 152 cm³/mol. The fraction of sp³-hybridized carbons (Fsp3) is 0.812. The minimum Gasteiger partial charge on any atom is -0.497 e. The summed E-state index contributed by atoms with van der Waals surface area (Å²) in [6, 6.07) is 8.53. The summed E-state index contributed by atoms with van der Waals surface area (Å²) in [5.74, 6) is 0.969. The Hall–Kier alpha value is -1.02. The molecule has 1 rings (SSSR count). The minimum atomic E-state index is 0.969. The van der Waals surface area contributed by atoms with Gasteiger partial charge in [-0.05, 0) is 25.0 Å². The number of hydrogen-bond donors (Lipinski definition) is 0. The number of ether oxygens (including phenoxy) is 1. The molecular formula is C32H60NO+. The molecule has 0 aliphatic rings. The van der Waals surface area contributed by atoms with Crippen LogP contribution in [0.4, 0.5) is 0 Å². The molecule has 0 radical (unpaired) electrons. The van der Waals surface area contributed by atoms with E-state index < -0.39 is 0 Å². The quantitative estimate of drug-likeness (QED) is 0.107. The first kappa shape index (κ1) is 31.0. The smallest absolute Gasteiger partial charge is 0.119 e.